The number of carbonyl (C=O) groups is 1. The summed E-state index contributed by atoms with van der Waals surface area (Å²) in [5.41, 5.74) is 6.56. The molecule has 8 nitrogen and oxygen atoms in total. The van der Waals surface area contributed by atoms with Crippen molar-refractivity contribution in [1.82, 2.24) is 5.43 Å². The van der Waals surface area contributed by atoms with Crippen LogP contribution in [0.4, 0.5) is 0 Å². The van der Waals surface area contributed by atoms with Crippen molar-refractivity contribution < 1.29 is 32.2 Å². The maximum absolute atomic E-state index is 12.6. The molecule has 0 spiro atoms. The van der Waals surface area contributed by atoms with Gasteiger partial charge in [0, 0.05) is 12.0 Å². The molecular weight excluding hydrogens is 444 g/mol. The molecule has 2 aromatic rings. The van der Waals surface area contributed by atoms with Crippen LogP contribution in [0.1, 0.15) is 41.2 Å². The molecule has 1 heterocycles. The number of phenolic OH excluding ortho intramolecular Hbond substituents is 1. The Morgan fingerprint density at radius 3 is 2.09 bits per heavy atom. The summed E-state index contributed by atoms with van der Waals surface area (Å²) in [5.74, 6) is 0.964. The molecule has 0 aromatic heterocycles. The molecule has 0 radical (unpaired) electrons. The Labute approximate surface area is 196 Å². The number of carbonyl (C=O) groups excluding carboxylic acids is 1. The van der Waals surface area contributed by atoms with Crippen LogP contribution in [0.25, 0.3) is 0 Å². The topological polar surface area (TPSA) is 116 Å². The van der Waals surface area contributed by atoms with Crippen molar-refractivity contribution in [2.75, 3.05) is 21.1 Å². The molecule has 1 aliphatic heterocycles. The highest BCUT2D eigenvalue weighted by atomic mass is 32.2. The quantitative estimate of drug-likeness (QED) is 0.398. The number of benzene rings is 2. The lowest BCUT2D eigenvalue weighted by Gasteiger charge is -2.38. The van der Waals surface area contributed by atoms with Crippen LogP contribution in [0.15, 0.2) is 29.2 Å². The molecule has 0 aliphatic carbocycles. The fourth-order valence-corrected chi connectivity index (χ4v) is 4.00. The molecule has 2 aromatic carbocycles. The van der Waals surface area contributed by atoms with Crippen molar-refractivity contribution >= 4 is 16.0 Å². The van der Waals surface area contributed by atoms with Crippen molar-refractivity contribution in [3.05, 3.63) is 52.1 Å². The van der Waals surface area contributed by atoms with E-state index in [4.69, 9.17) is 4.74 Å². The second-order valence-corrected chi connectivity index (χ2v) is 11.0. The van der Waals surface area contributed by atoms with E-state index in [-0.39, 0.29) is 10.8 Å². The molecule has 1 atom stereocenters. The summed E-state index contributed by atoms with van der Waals surface area (Å²) in [6, 6.07) is 5.78. The Balaban J connectivity index is 0.000000294. The number of nitrogens with zero attached hydrogens (tertiary/aromatic N) is 1. The van der Waals surface area contributed by atoms with Gasteiger partial charge in [-0.05, 0) is 69.9 Å². The van der Waals surface area contributed by atoms with Gasteiger partial charge in [-0.1, -0.05) is 17.7 Å². The molecule has 0 bridgehead atoms. The van der Waals surface area contributed by atoms with E-state index in [1.165, 1.54) is 12.1 Å². The van der Waals surface area contributed by atoms with Gasteiger partial charge < -0.3 is 14.4 Å². The van der Waals surface area contributed by atoms with Gasteiger partial charge in [-0.2, -0.15) is 5.43 Å². The van der Waals surface area contributed by atoms with Gasteiger partial charge in [0.1, 0.15) is 21.6 Å². The number of aromatic hydroxyl groups is 1. The Kier molecular flexibility index (Phi) is 7.52. The predicted molar refractivity (Wildman–Crippen MR) is 125 cm³/mol. The first kappa shape index (κ1) is 26.6. The van der Waals surface area contributed by atoms with Crippen LogP contribution < -0.4 is 10.2 Å². The molecule has 0 unspecified atom stereocenters. The fourth-order valence-electron chi connectivity index (χ4n) is 3.54. The monoisotopic (exact) mass is 478 g/mol. The number of hydrogen-bond acceptors (Lipinski definition) is 6. The van der Waals surface area contributed by atoms with E-state index in [2.05, 4.69) is 5.43 Å². The molecule has 0 saturated heterocycles. The number of quaternary nitrogens is 1. The van der Waals surface area contributed by atoms with E-state index in [0.717, 1.165) is 40.0 Å². The van der Waals surface area contributed by atoms with Gasteiger partial charge in [-0.3, -0.25) is 4.79 Å². The van der Waals surface area contributed by atoms with Crippen LogP contribution in [0.2, 0.25) is 0 Å². The van der Waals surface area contributed by atoms with Gasteiger partial charge in [0.05, 0.1) is 26.0 Å². The molecule has 1 amide bonds. The third kappa shape index (κ3) is 6.25. The fraction of sp³-hybridized carbons (Fsp3) is 0.458. The average molecular weight is 479 g/mol. The van der Waals surface area contributed by atoms with Crippen LogP contribution in [0.3, 0.4) is 0 Å². The minimum absolute atomic E-state index is 0.117. The highest BCUT2D eigenvalue weighted by Gasteiger charge is 2.42. The molecule has 0 saturated carbocycles. The molecular formula is C24H34N2O6S. The number of phenols is 1. The molecule has 182 valence electrons. The average Bonchev–Trinajstić information content (AvgIpc) is 2.69. The number of hydrogen-bond donors (Lipinski definition) is 2. The highest BCUT2D eigenvalue weighted by molar-refractivity contribution is 7.85. The van der Waals surface area contributed by atoms with Crippen LogP contribution in [-0.2, 0) is 21.3 Å². The Morgan fingerprint density at radius 2 is 1.61 bits per heavy atom. The first-order valence-corrected chi connectivity index (χ1v) is 12.0. The number of aryl methyl sites for hydroxylation is 1. The van der Waals surface area contributed by atoms with Gasteiger partial charge in [0.25, 0.3) is 0 Å². The van der Waals surface area contributed by atoms with E-state index >= 15 is 0 Å². The van der Waals surface area contributed by atoms with Crippen molar-refractivity contribution in [2.24, 2.45) is 0 Å². The predicted octanol–water partition coefficient (Wildman–Crippen LogP) is 3.04. The zero-order valence-corrected chi connectivity index (χ0v) is 21.4. The molecule has 2 N–H and O–H groups in total. The summed E-state index contributed by atoms with van der Waals surface area (Å²) in [5, 5.41) is 10.2. The Bertz CT molecular complexity index is 1150. The summed E-state index contributed by atoms with van der Waals surface area (Å²) in [7, 11) is 1.43. The number of rotatable bonds is 3. The lowest BCUT2D eigenvalue weighted by molar-refractivity contribution is -0.906. The highest BCUT2D eigenvalue weighted by Crippen LogP contribution is 2.43. The Hall–Kier alpha value is -2.62. The van der Waals surface area contributed by atoms with Gasteiger partial charge in [-0.25, -0.2) is 13.0 Å². The normalized spacial score (nSPS) is 17.8. The van der Waals surface area contributed by atoms with Crippen molar-refractivity contribution in [2.45, 2.75) is 58.0 Å². The number of ether oxygens (including phenoxy) is 1. The number of nitrogens with one attached hydrogen (secondary N) is 1. The maximum Gasteiger partial charge on any atom is 0.308 e. The molecule has 33 heavy (non-hydrogen) atoms. The van der Waals surface area contributed by atoms with E-state index < -0.39 is 15.7 Å². The minimum atomic E-state index is -4.27. The number of fused-ring (bicyclic) bond motifs is 1. The van der Waals surface area contributed by atoms with Crippen molar-refractivity contribution in [3.8, 4) is 11.5 Å². The smallest absolute Gasteiger partial charge is 0.308 e. The lowest BCUT2D eigenvalue weighted by Crippen LogP contribution is -2.60. The zero-order chi connectivity index (χ0) is 25.4. The van der Waals surface area contributed by atoms with Gasteiger partial charge in [0.15, 0.2) is 5.60 Å². The molecule has 1 aliphatic rings. The molecule has 0 fully saturated rings. The van der Waals surface area contributed by atoms with Crippen molar-refractivity contribution in [1.29, 1.82) is 0 Å². The summed E-state index contributed by atoms with van der Waals surface area (Å²) >= 11 is 0. The third-order valence-electron chi connectivity index (χ3n) is 5.75. The largest absolute Gasteiger partial charge is 0.744 e. The van der Waals surface area contributed by atoms with Gasteiger partial charge >= 0.3 is 5.91 Å². The van der Waals surface area contributed by atoms with Crippen LogP contribution in [-0.4, -0.2) is 55.3 Å². The number of amides is 1. The summed E-state index contributed by atoms with van der Waals surface area (Å²) < 4.78 is 37.7. The second-order valence-electron chi connectivity index (χ2n) is 9.58. The van der Waals surface area contributed by atoms with E-state index in [9.17, 15) is 22.9 Å². The SMILES string of the molecule is Cc1c(C)c2c(c(C)c1O)CC[C@](C)(C(=O)N[N+](C)(C)C)O2.Cc1ccc(S(=O)(=O)[O-])cc1. The van der Waals surface area contributed by atoms with E-state index in [1.807, 2.05) is 55.8 Å². The minimum Gasteiger partial charge on any atom is -0.744 e. The van der Waals surface area contributed by atoms with Gasteiger partial charge in [-0.15, -0.1) is 0 Å². The lowest BCUT2D eigenvalue weighted by atomic mass is 9.87. The van der Waals surface area contributed by atoms with Crippen LogP contribution >= 0.6 is 0 Å². The summed E-state index contributed by atoms with van der Waals surface area (Å²) in [6.07, 6.45) is 1.31. The second kappa shape index (κ2) is 9.32. The van der Waals surface area contributed by atoms with E-state index in [0.29, 0.717) is 16.8 Å². The summed E-state index contributed by atoms with van der Waals surface area (Å²) in [4.78, 5) is 12.4. The van der Waals surface area contributed by atoms with Crippen molar-refractivity contribution in [3.63, 3.8) is 0 Å². The Morgan fingerprint density at radius 1 is 1.06 bits per heavy atom. The maximum atomic E-state index is 12.6. The van der Waals surface area contributed by atoms with Crippen LogP contribution in [0.5, 0.6) is 11.5 Å². The zero-order valence-electron chi connectivity index (χ0n) is 20.6. The standard InChI is InChI=1S/C17H26N2O3.C7H8O3S/c1-10-11(2)15-13(12(3)14(10)20)8-9-17(4,22-15)16(21)18-19(5,6)7;1-6-2-4-7(5-3-6)11(8,9)10/h8-9H2,1-7H3,(H-,18,20,21);2-5H,1H3,(H,8,9,10)/t17-;/m1./s1. The first-order chi connectivity index (χ1) is 15.0. The molecule has 9 heteroatoms. The van der Waals surface area contributed by atoms with Crippen LogP contribution in [0, 0.1) is 27.7 Å². The third-order valence-corrected chi connectivity index (χ3v) is 6.60. The van der Waals surface area contributed by atoms with E-state index in [1.54, 1.807) is 12.1 Å². The van der Waals surface area contributed by atoms with Gasteiger partial charge in [0.2, 0.25) is 0 Å². The summed E-state index contributed by atoms with van der Waals surface area (Å²) in [6.45, 7) is 9.36. The first-order valence-electron chi connectivity index (χ1n) is 10.6. The molecule has 3 rings (SSSR count).